The predicted octanol–water partition coefficient (Wildman–Crippen LogP) is 1.70. The van der Waals surface area contributed by atoms with Crippen LogP contribution in [0.15, 0.2) is 24.3 Å². The van der Waals surface area contributed by atoms with Gasteiger partial charge >= 0.3 is 0 Å². The molecular formula is C18H22N2O4S. The van der Waals surface area contributed by atoms with Gasteiger partial charge in [0, 0.05) is 13.2 Å². The van der Waals surface area contributed by atoms with Gasteiger partial charge in [0.15, 0.2) is 0 Å². The molecule has 2 unspecified atom stereocenters. The van der Waals surface area contributed by atoms with E-state index < -0.39 is 6.04 Å². The summed E-state index contributed by atoms with van der Waals surface area (Å²) in [4.78, 5) is 39.2. The van der Waals surface area contributed by atoms with Gasteiger partial charge in [-0.2, -0.15) is 11.8 Å². The third-order valence-corrected chi connectivity index (χ3v) is 5.21. The second-order valence-corrected chi connectivity index (χ2v) is 7.19. The monoisotopic (exact) mass is 362 g/mol. The van der Waals surface area contributed by atoms with E-state index in [4.69, 9.17) is 4.74 Å². The second-order valence-electron chi connectivity index (χ2n) is 6.20. The van der Waals surface area contributed by atoms with Crippen LogP contribution in [0.5, 0.6) is 0 Å². The molecule has 0 spiro atoms. The number of amides is 3. The van der Waals surface area contributed by atoms with Gasteiger partial charge in [-0.05, 0) is 43.4 Å². The Bertz CT molecular complexity index is 638. The number of hydrogen-bond donors (Lipinski definition) is 1. The minimum absolute atomic E-state index is 0.0207. The molecule has 1 aromatic carbocycles. The lowest BCUT2D eigenvalue weighted by Crippen LogP contribution is -2.51. The van der Waals surface area contributed by atoms with Gasteiger partial charge in [0.25, 0.3) is 11.8 Å². The first-order chi connectivity index (χ1) is 12.1. The topological polar surface area (TPSA) is 75.7 Å². The van der Waals surface area contributed by atoms with E-state index in [9.17, 15) is 14.4 Å². The zero-order valence-electron chi connectivity index (χ0n) is 14.2. The van der Waals surface area contributed by atoms with Gasteiger partial charge in [-0.15, -0.1) is 0 Å². The lowest BCUT2D eigenvalue weighted by Gasteiger charge is -2.25. The van der Waals surface area contributed by atoms with Crippen molar-refractivity contribution < 1.29 is 19.1 Å². The summed E-state index contributed by atoms with van der Waals surface area (Å²) < 4.78 is 5.52. The fourth-order valence-electron chi connectivity index (χ4n) is 3.24. The predicted molar refractivity (Wildman–Crippen MR) is 95.7 cm³/mol. The normalized spacial score (nSPS) is 20.7. The van der Waals surface area contributed by atoms with Crippen molar-refractivity contribution >= 4 is 29.5 Å². The van der Waals surface area contributed by atoms with Crippen LogP contribution in [-0.2, 0) is 9.53 Å². The Kier molecular flexibility index (Phi) is 5.75. The van der Waals surface area contributed by atoms with Crippen LogP contribution in [0, 0.1) is 0 Å². The van der Waals surface area contributed by atoms with Crippen molar-refractivity contribution in [3.63, 3.8) is 0 Å². The molecule has 1 fully saturated rings. The number of carbonyl (C=O) groups is 3. The lowest BCUT2D eigenvalue weighted by molar-refractivity contribution is -0.125. The number of hydrogen-bond acceptors (Lipinski definition) is 5. The van der Waals surface area contributed by atoms with Crippen LogP contribution in [0.1, 0.15) is 40.0 Å². The van der Waals surface area contributed by atoms with E-state index in [0.717, 1.165) is 24.3 Å². The highest BCUT2D eigenvalue weighted by molar-refractivity contribution is 7.98. The molecule has 7 heteroatoms. The Morgan fingerprint density at radius 2 is 2.00 bits per heavy atom. The Balaban J connectivity index is 1.75. The van der Waals surface area contributed by atoms with Crippen LogP contribution < -0.4 is 5.32 Å². The summed E-state index contributed by atoms with van der Waals surface area (Å²) in [5.74, 6) is -0.386. The molecule has 134 valence electrons. The smallest absolute Gasteiger partial charge is 0.262 e. The number of rotatable bonds is 7. The molecule has 3 amide bonds. The maximum absolute atomic E-state index is 12.7. The lowest BCUT2D eigenvalue weighted by atomic mass is 10.1. The van der Waals surface area contributed by atoms with Crippen molar-refractivity contribution in [1.82, 2.24) is 10.2 Å². The summed E-state index contributed by atoms with van der Waals surface area (Å²) in [5, 5.41) is 2.86. The third kappa shape index (κ3) is 3.72. The van der Waals surface area contributed by atoms with E-state index in [1.807, 2.05) is 6.26 Å². The van der Waals surface area contributed by atoms with Crippen LogP contribution in [0.4, 0.5) is 0 Å². The van der Waals surface area contributed by atoms with Gasteiger partial charge < -0.3 is 10.1 Å². The molecule has 25 heavy (non-hydrogen) atoms. The van der Waals surface area contributed by atoms with Gasteiger partial charge in [0.05, 0.1) is 17.2 Å². The molecule has 2 aliphatic heterocycles. The average molecular weight is 362 g/mol. The van der Waals surface area contributed by atoms with E-state index in [0.29, 0.717) is 29.8 Å². The minimum atomic E-state index is -0.791. The van der Waals surface area contributed by atoms with E-state index in [2.05, 4.69) is 5.32 Å². The van der Waals surface area contributed by atoms with Crippen LogP contribution in [0.2, 0.25) is 0 Å². The number of nitrogens with zero attached hydrogens (tertiary/aromatic N) is 1. The fourth-order valence-corrected chi connectivity index (χ4v) is 3.69. The molecule has 1 N–H and O–H groups in total. The zero-order chi connectivity index (χ0) is 17.8. The Morgan fingerprint density at radius 1 is 1.32 bits per heavy atom. The first-order valence-corrected chi connectivity index (χ1v) is 9.88. The Hall–Kier alpha value is -1.86. The molecular weight excluding hydrogens is 340 g/mol. The largest absolute Gasteiger partial charge is 0.376 e. The molecule has 0 saturated carbocycles. The van der Waals surface area contributed by atoms with Crippen LogP contribution in [0.3, 0.4) is 0 Å². The third-order valence-electron chi connectivity index (χ3n) is 4.56. The first kappa shape index (κ1) is 17.9. The van der Waals surface area contributed by atoms with Gasteiger partial charge in [0.2, 0.25) is 5.91 Å². The van der Waals surface area contributed by atoms with Gasteiger partial charge in [0.1, 0.15) is 6.04 Å². The number of thioether (sulfide) groups is 1. The number of imide groups is 1. The molecule has 2 heterocycles. The van der Waals surface area contributed by atoms with Gasteiger partial charge in [-0.25, -0.2) is 0 Å². The van der Waals surface area contributed by atoms with Crippen molar-refractivity contribution in [2.75, 3.05) is 25.2 Å². The fraction of sp³-hybridized carbons (Fsp3) is 0.500. The van der Waals surface area contributed by atoms with E-state index >= 15 is 0 Å². The molecule has 0 radical (unpaired) electrons. The van der Waals surface area contributed by atoms with E-state index in [-0.39, 0.29) is 23.8 Å². The van der Waals surface area contributed by atoms with Crippen molar-refractivity contribution in [1.29, 1.82) is 0 Å². The molecule has 0 aromatic heterocycles. The Labute approximate surface area is 151 Å². The summed E-state index contributed by atoms with van der Waals surface area (Å²) >= 11 is 1.58. The number of fused-ring (bicyclic) bond motifs is 1. The number of nitrogens with one attached hydrogen (secondary N) is 1. The zero-order valence-corrected chi connectivity index (χ0v) is 15.0. The maximum atomic E-state index is 12.7. The van der Waals surface area contributed by atoms with E-state index in [1.165, 1.54) is 0 Å². The average Bonchev–Trinajstić information content (AvgIpc) is 3.23. The summed E-state index contributed by atoms with van der Waals surface area (Å²) in [5.41, 5.74) is 0.738. The van der Waals surface area contributed by atoms with E-state index in [1.54, 1.807) is 36.0 Å². The highest BCUT2D eigenvalue weighted by Gasteiger charge is 2.42. The number of ether oxygens (including phenoxy) is 1. The van der Waals surface area contributed by atoms with Crippen LogP contribution >= 0.6 is 11.8 Å². The second kappa shape index (κ2) is 8.01. The van der Waals surface area contributed by atoms with Crippen molar-refractivity contribution in [2.45, 2.75) is 31.4 Å². The van der Waals surface area contributed by atoms with Crippen molar-refractivity contribution in [2.24, 2.45) is 0 Å². The highest BCUT2D eigenvalue weighted by atomic mass is 32.2. The first-order valence-electron chi connectivity index (χ1n) is 8.48. The standard InChI is InChI=1S/C18H22N2O4S/c1-25-10-8-15(16(21)19-11-12-5-4-9-24-12)20-17(22)13-6-2-3-7-14(13)18(20)23/h2-3,6-7,12,15H,4-5,8-11H2,1H3,(H,19,21). The summed E-state index contributed by atoms with van der Waals surface area (Å²) in [6.45, 7) is 1.13. The molecule has 2 atom stereocenters. The quantitative estimate of drug-likeness (QED) is 0.747. The van der Waals surface area contributed by atoms with Crippen LogP contribution in [-0.4, -0.2) is 59.9 Å². The Morgan fingerprint density at radius 3 is 2.56 bits per heavy atom. The molecule has 1 saturated heterocycles. The van der Waals surface area contributed by atoms with Crippen molar-refractivity contribution in [3.05, 3.63) is 35.4 Å². The molecule has 0 bridgehead atoms. The molecule has 3 rings (SSSR count). The summed E-state index contributed by atoms with van der Waals surface area (Å²) in [7, 11) is 0. The molecule has 2 aliphatic rings. The SMILES string of the molecule is CSCCC(C(=O)NCC1CCCO1)N1C(=O)c2ccccc2C1=O. The minimum Gasteiger partial charge on any atom is -0.376 e. The summed E-state index contributed by atoms with van der Waals surface area (Å²) in [6.07, 6.45) is 4.30. The molecule has 0 aliphatic carbocycles. The summed E-state index contributed by atoms with van der Waals surface area (Å²) in [6, 6.07) is 5.92. The van der Waals surface area contributed by atoms with Gasteiger partial charge in [-0.3, -0.25) is 19.3 Å². The number of benzene rings is 1. The van der Waals surface area contributed by atoms with Crippen molar-refractivity contribution in [3.8, 4) is 0 Å². The number of carbonyl (C=O) groups excluding carboxylic acids is 3. The van der Waals surface area contributed by atoms with Gasteiger partial charge in [-0.1, -0.05) is 12.1 Å². The molecule has 1 aromatic rings. The van der Waals surface area contributed by atoms with Crippen LogP contribution in [0.25, 0.3) is 0 Å². The maximum Gasteiger partial charge on any atom is 0.262 e. The highest BCUT2D eigenvalue weighted by Crippen LogP contribution is 2.26. The molecule has 6 nitrogen and oxygen atoms in total.